The topological polar surface area (TPSA) is 109 Å². The first-order valence-electron chi connectivity index (χ1n) is 15.1. The molecule has 238 valence electrons. The summed E-state index contributed by atoms with van der Waals surface area (Å²) in [7, 11) is 2.05. The SMILES string of the molecule is CCCCN(C)c1ccc(-c2cc(C(=O)NCc3c(SC)cc(C)[nH]c3=O)c(C)c3c2OC(C)(C2CCNCC2)O3)cn1.Cl. The van der Waals surface area contributed by atoms with Crippen molar-refractivity contribution < 1.29 is 14.3 Å². The third-order valence-electron chi connectivity index (χ3n) is 8.59. The molecule has 1 unspecified atom stereocenters. The smallest absolute Gasteiger partial charge is 0.254 e. The number of hydrogen-bond donors (Lipinski definition) is 3. The standard InChI is InChI=1S/C33H43N5O4S.ClH/c1-7-8-15-38(5)28-10-9-22(18-35-28)25-17-24(31(39)36-19-26-27(43-6)16-20(2)37-32(26)40)21(3)29-30(25)42-33(4,41-29)23-11-13-34-14-12-23;/h9-10,16-18,23,34H,7-8,11-15,19H2,1-6H3,(H,36,39)(H,37,40);1H. The summed E-state index contributed by atoms with van der Waals surface area (Å²) >= 11 is 1.49. The lowest BCUT2D eigenvalue weighted by Gasteiger charge is -2.35. The summed E-state index contributed by atoms with van der Waals surface area (Å²) in [6.07, 6.45) is 7.85. The van der Waals surface area contributed by atoms with Gasteiger partial charge in [0.25, 0.3) is 17.3 Å². The Bertz CT molecular complexity index is 1540. The van der Waals surface area contributed by atoms with Gasteiger partial charge in [0, 0.05) is 77.6 Å². The largest absolute Gasteiger partial charge is 0.448 e. The number of unbranched alkanes of at least 4 members (excludes halogenated alkanes) is 1. The Balaban J connectivity index is 0.00000442. The van der Waals surface area contributed by atoms with E-state index in [0.717, 1.165) is 72.9 Å². The van der Waals surface area contributed by atoms with Gasteiger partial charge in [0.15, 0.2) is 11.5 Å². The lowest BCUT2D eigenvalue weighted by atomic mass is 9.90. The number of hydrogen-bond acceptors (Lipinski definition) is 8. The number of piperidine rings is 1. The first-order valence-corrected chi connectivity index (χ1v) is 16.4. The molecular formula is C33H44ClN5O4S. The number of pyridine rings is 2. The highest BCUT2D eigenvalue weighted by Crippen LogP contribution is 2.52. The van der Waals surface area contributed by atoms with E-state index in [0.29, 0.717) is 28.2 Å². The van der Waals surface area contributed by atoms with Gasteiger partial charge in [-0.1, -0.05) is 13.3 Å². The number of anilines is 1. The molecule has 1 atom stereocenters. The number of amides is 1. The second-order valence-corrected chi connectivity index (χ2v) is 12.5. The minimum absolute atomic E-state index is 0. The molecule has 5 rings (SSSR count). The minimum atomic E-state index is -0.838. The fourth-order valence-electron chi connectivity index (χ4n) is 5.93. The molecule has 44 heavy (non-hydrogen) atoms. The van der Waals surface area contributed by atoms with Crippen LogP contribution in [0.2, 0.25) is 0 Å². The Hall–Kier alpha value is -3.21. The van der Waals surface area contributed by atoms with Crippen molar-refractivity contribution in [2.24, 2.45) is 5.92 Å². The fraction of sp³-hybridized carbons (Fsp3) is 0.485. The number of rotatable bonds is 10. The van der Waals surface area contributed by atoms with Crippen LogP contribution in [0.5, 0.6) is 11.5 Å². The van der Waals surface area contributed by atoms with Gasteiger partial charge >= 0.3 is 0 Å². The Morgan fingerprint density at radius 1 is 1.18 bits per heavy atom. The Morgan fingerprint density at radius 3 is 2.57 bits per heavy atom. The van der Waals surface area contributed by atoms with Gasteiger partial charge < -0.3 is 30.0 Å². The summed E-state index contributed by atoms with van der Waals surface area (Å²) in [6.45, 7) is 10.8. The highest BCUT2D eigenvalue weighted by molar-refractivity contribution is 7.98. The van der Waals surface area contributed by atoms with Crippen LogP contribution in [0.3, 0.4) is 0 Å². The molecule has 0 bridgehead atoms. The number of aryl methyl sites for hydroxylation is 1. The average molecular weight is 642 g/mol. The molecule has 1 saturated heterocycles. The number of H-pyrrole nitrogens is 1. The molecule has 0 radical (unpaired) electrons. The molecular weight excluding hydrogens is 598 g/mol. The number of nitrogens with one attached hydrogen (secondary N) is 3. The lowest BCUT2D eigenvalue weighted by molar-refractivity contribution is -0.117. The molecule has 1 aromatic carbocycles. The Morgan fingerprint density at radius 2 is 1.91 bits per heavy atom. The predicted molar refractivity (Wildman–Crippen MR) is 180 cm³/mol. The number of carbonyl (C=O) groups excluding carboxylic acids is 1. The first kappa shape index (κ1) is 33.7. The molecule has 3 aromatic rings. The maximum Gasteiger partial charge on any atom is 0.254 e. The molecule has 0 saturated carbocycles. The van der Waals surface area contributed by atoms with E-state index >= 15 is 0 Å². The van der Waals surface area contributed by atoms with Gasteiger partial charge in [-0.25, -0.2) is 4.98 Å². The number of carbonyl (C=O) groups is 1. The van der Waals surface area contributed by atoms with E-state index < -0.39 is 5.79 Å². The number of nitrogens with zero attached hydrogens (tertiary/aromatic N) is 2. The minimum Gasteiger partial charge on any atom is -0.448 e. The van der Waals surface area contributed by atoms with Crippen LogP contribution < -0.4 is 30.6 Å². The zero-order chi connectivity index (χ0) is 30.7. The van der Waals surface area contributed by atoms with Crippen molar-refractivity contribution >= 4 is 35.9 Å². The Kier molecular flexibility index (Phi) is 10.9. The highest BCUT2D eigenvalue weighted by atomic mass is 35.5. The number of benzene rings is 1. The summed E-state index contributed by atoms with van der Waals surface area (Å²) in [5, 5.41) is 6.41. The van der Waals surface area contributed by atoms with Crippen LogP contribution in [0.25, 0.3) is 11.1 Å². The normalized spacial score (nSPS) is 17.7. The van der Waals surface area contributed by atoms with E-state index in [4.69, 9.17) is 14.5 Å². The van der Waals surface area contributed by atoms with Gasteiger partial charge in [0.2, 0.25) is 0 Å². The van der Waals surface area contributed by atoms with Gasteiger partial charge in [0.05, 0.1) is 0 Å². The first-order chi connectivity index (χ1) is 20.6. The van der Waals surface area contributed by atoms with Crippen molar-refractivity contribution in [1.82, 2.24) is 20.6 Å². The second kappa shape index (κ2) is 14.3. The van der Waals surface area contributed by atoms with Gasteiger partial charge in [-0.2, -0.15) is 0 Å². The fourth-order valence-corrected chi connectivity index (χ4v) is 6.63. The van der Waals surface area contributed by atoms with E-state index in [-0.39, 0.29) is 36.3 Å². The van der Waals surface area contributed by atoms with E-state index in [9.17, 15) is 9.59 Å². The van der Waals surface area contributed by atoms with Crippen LogP contribution >= 0.6 is 24.2 Å². The third-order valence-corrected chi connectivity index (χ3v) is 9.40. The molecule has 4 heterocycles. The van der Waals surface area contributed by atoms with Crippen molar-refractivity contribution in [2.75, 3.05) is 37.8 Å². The van der Waals surface area contributed by atoms with Crippen molar-refractivity contribution in [1.29, 1.82) is 0 Å². The van der Waals surface area contributed by atoms with Gasteiger partial charge in [-0.15, -0.1) is 24.2 Å². The molecule has 3 N–H and O–H groups in total. The summed E-state index contributed by atoms with van der Waals surface area (Å²) < 4.78 is 13.3. The van der Waals surface area contributed by atoms with Crippen LogP contribution in [0.4, 0.5) is 5.82 Å². The molecule has 2 aliphatic heterocycles. The number of aromatic amines is 1. The number of thioether (sulfide) groups is 1. The summed E-state index contributed by atoms with van der Waals surface area (Å²) in [6, 6.07) is 7.83. The molecule has 9 nitrogen and oxygen atoms in total. The van der Waals surface area contributed by atoms with E-state index in [1.54, 1.807) is 0 Å². The molecule has 0 spiro atoms. The zero-order valence-corrected chi connectivity index (χ0v) is 28.1. The van der Waals surface area contributed by atoms with Crippen molar-refractivity contribution in [3.8, 4) is 22.6 Å². The third kappa shape index (κ3) is 6.87. The molecule has 1 amide bonds. The average Bonchev–Trinajstić information content (AvgIpc) is 3.39. The number of ether oxygens (including phenoxy) is 2. The van der Waals surface area contributed by atoms with Gasteiger partial charge in [0.1, 0.15) is 5.82 Å². The number of fused-ring (bicyclic) bond motifs is 1. The van der Waals surface area contributed by atoms with Gasteiger partial charge in [-0.3, -0.25) is 9.59 Å². The monoisotopic (exact) mass is 641 g/mol. The molecule has 11 heteroatoms. The second-order valence-electron chi connectivity index (χ2n) is 11.7. The van der Waals surface area contributed by atoms with Crippen molar-refractivity contribution in [3.05, 3.63) is 63.2 Å². The molecule has 0 aliphatic carbocycles. The van der Waals surface area contributed by atoms with Crippen LogP contribution in [0.15, 0.2) is 40.2 Å². The summed E-state index contributed by atoms with van der Waals surface area (Å²) in [5.74, 6) is 1.21. The van der Waals surface area contributed by atoms with E-state index in [1.807, 2.05) is 64.5 Å². The highest BCUT2D eigenvalue weighted by Gasteiger charge is 2.46. The quantitative estimate of drug-likeness (QED) is 0.237. The molecule has 2 aliphatic rings. The van der Waals surface area contributed by atoms with Crippen LogP contribution in [-0.2, 0) is 6.54 Å². The lowest BCUT2D eigenvalue weighted by Crippen LogP contribution is -2.47. The van der Waals surface area contributed by atoms with Crippen molar-refractivity contribution in [2.45, 2.75) is 70.6 Å². The zero-order valence-electron chi connectivity index (χ0n) is 26.5. The van der Waals surface area contributed by atoms with Crippen LogP contribution in [0, 0.1) is 19.8 Å². The number of halogens is 1. The van der Waals surface area contributed by atoms with E-state index in [1.165, 1.54) is 11.8 Å². The summed E-state index contributed by atoms with van der Waals surface area (Å²) in [4.78, 5) is 37.0. The van der Waals surface area contributed by atoms with Crippen molar-refractivity contribution in [3.63, 3.8) is 0 Å². The van der Waals surface area contributed by atoms with Crippen LogP contribution in [0.1, 0.15) is 66.7 Å². The maximum absolute atomic E-state index is 13.7. The maximum atomic E-state index is 13.7. The molecule has 1 fully saturated rings. The van der Waals surface area contributed by atoms with Gasteiger partial charge in [-0.05, 0) is 76.7 Å². The Labute approximate surface area is 270 Å². The van der Waals surface area contributed by atoms with Crippen LogP contribution in [-0.4, -0.2) is 54.6 Å². The molecule has 2 aromatic heterocycles. The predicted octanol–water partition coefficient (Wildman–Crippen LogP) is 5.85. The summed E-state index contributed by atoms with van der Waals surface area (Å²) in [5.41, 5.74) is 3.92. The number of aromatic nitrogens is 2. The van der Waals surface area contributed by atoms with E-state index in [2.05, 4.69) is 27.4 Å².